The molecule has 19 heavy (non-hydrogen) atoms. The van der Waals surface area contributed by atoms with Crippen LogP contribution in [0.1, 0.15) is 42.9 Å². The number of carbonyl (C=O) groups excluding carboxylic acids is 1. The second kappa shape index (κ2) is 5.72. The van der Waals surface area contributed by atoms with Crippen molar-refractivity contribution in [3.8, 4) is 0 Å². The van der Waals surface area contributed by atoms with E-state index in [2.05, 4.69) is 11.5 Å². The lowest BCUT2D eigenvalue weighted by atomic mass is 9.97. The Morgan fingerprint density at radius 3 is 2.89 bits per heavy atom. The standard InChI is InChI=1S/C15H19NO3/c17-15(16-19-12-6-2-3-7-12)14-13-8-4-1-5-11(13)9-10-18-14/h1,4-5,8,12,14H,2-3,6-7,9-10H2,(H,16,17). The summed E-state index contributed by atoms with van der Waals surface area (Å²) in [5.41, 5.74) is 4.72. The van der Waals surface area contributed by atoms with Crippen LogP contribution in [-0.2, 0) is 20.8 Å². The predicted molar refractivity (Wildman–Crippen MR) is 70.3 cm³/mol. The zero-order chi connectivity index (χ0) is 13.1. The molecular formula is C15H19NO3. The minimum Gasteiger partial charge on any atom is -0.363 e. The van der Waals surface area contributed by atoms with Crippen molar-refractivity contribution < 1.29 is 14.4 Å². The Kier molecular flexibility index (Phi) is 3.80. The van der Waals surface area contributed by atoms with E-state index in [4.69, 9.17) is 9.57 Å². The van der Waals surface area contributed by atoms with Gasteiger partial charge in [-0.05, 0) is 30.4 Å². The summed E-state index contributed by atoms with van der Waals surface area (Å²) in [5, 5.41) is 0. The van der Waals surface area contributed by atoms with Gasteiger partial charge in [-0.1, -0.05) is 37.1 Å². The first-order valence-corrected chi connectivity index (χ1v) is 6.99. The van der Waals surface area contributed by atoms with E-state index in [1.807, 2.05) is 18.2 Å². The molecule has 1 amide bonds. The van der Waals surface area contributed by atoms with Gasteiger partial charge in [-0.2, -0.15) is 0 Å². The minimum atomic E-state index is -0.536. The summed E-state index contributed by atoms with van der Waals surface area (Å²) in [6, 6.07) is 7.93. The lowest BCUT2D eigenvalue weighted by molar-refractivity contribution is -0.151. The maximum absolute atomic E-state index is 12.2. The lowest BCUT2D eigenvalue weighted by Gasteiger charge is -2.25. The number of fused-ring (bicyclic) bond motifs is 1. The highest BCUT2D eigenvalue weighted by atomic mass is 16.7. The van der Waals surface area contributed by atoms with Crippen LogP contribution in [0.25, 0.3) is 0 Å². The third kappa shape index (κ3) is 2.80. The van der Waals surface area contributed by atoms with Gasteiger partial charge >= 0.3 is 0 Å². The highest BCUT2D eigenvalue weighted by Crippen LogP contribution is 2.27. The topological polar surface area (TPSA) is 47.6 Å². The number of ether oxygens (including phenoxy) is 1. The van der Waals surface area contributed by atoms with Gasteiger partial charge in [0, 0.05) is 0 Å². The van der Waals surface area contributed by atoms with E-state index < -0.39 is 6.10 Å². The third-order valence-electron chi connectivity index (χ3n) is 3.86. The highest BCUT2D eigenvalue weighted by molar-refractivity contribution is 5.82. The Bertz CT molecular complexity index is 454. The molecule has 0 saturated heterocycles. The van der Waals surface area contributed by atoms with Crippen LogP contribution >= 0.6 is 0 Å². The van der Waals surface area contributed by atoms with Gasteiger partial charge in [0.2, 0.25) is 0 Å². The van der Waals surface area contributed by atoms with Gasteiger partial charge in [0.05, 0.1) is 12.7 Å². The zero-order valence-corrected chi connectivity index (χ0v) is 10.9. The summed E-state index contributed by atoms with van der Waals surface area (Å²) in [5.74, 6) is -0.195. The van der Waals surface area contributed by atoms with Gasteiger partial charge in [0.1, 0.15) is 0 Å². The molecule has 4 nitrogen and oxygen atoms in total. The summed E-state index contributed by atoms with van der Waals surface area (Å²) in [6.07, 6.45) is 4.93. The van der Waals surface area contributed by atoms with E-state index in [0.29, 0.717) is 6.61 Å². The van der Waals surface area contributed by atoms with E-state index in [0.717, 1.165) is 24.8 Å². The number of rotatable bonds is 3. The zero-order valence-electron chi connectivity index (χ0n) is 10.9. The first-order chi connectivity index (χ1) is 9.34. The van der Waals surface area contributed by atoms with E-state index >= 15 is 0 Å². The van der Waals surface area contributed by atoms with Gasteiger partial charge in [-0.25, -0.2) is 5.48 Å². The normalized spacial score (nSPS) is 23.1. The van der Waals surface area contributed by atoms with E-state index in [-0.39, 0.29) is 12.0 Å². The Hall–Kier alpha value is -1.39. The number of nitrogens with one attached hydrogen (secondary N) is 1. The second-order valence-corrected chi connectivity index (χ2v) is 5.19. The van der Waals surface area contributed by atoms with Crippen LogP contribution in [0.4, 0.5) is 0 Å². The van der Waals surface area contributed by atoms with Gasteiger partial charge in [0.25, 0.3) is 5.91 Å². The average Bonchev–Trinajstić information content (AvgIpc) is 2.97. The van der Waals surface area contributed by atoms with Gasteiger partial charge in [-0.3, -0.25) is 9.63 Å². The van der Waals surface area contributed by atoms with Crippen molar-refractivity contribution in [2.24, 2.45) is 0 Å². The Balaban J connectivity index is 1.64. The predicted octanol–water partition coefficient (Wildman–Crippen LogP) is 2.29. The molecule has 0 radical (unpaired) electrons. The largest absolute Gasteiger partial charge is 0.363 e. The fraction of sp³-hybridized carbons (Fsp3) is 0.533. The van der Waals surface area contributed by atoms with Crippen LogP contribution in [-0.4, -0.2) is 18.6 Å². The molecule has 1 saturated carbocycles. The quantitative estimate of drug-likeness (QED) is 0.849. The first kappa shape index (κ1) is 12.6. The molecule has 4 heteroatoms. The van der Waals surface area contributed by atoms with Gasteiger partial charge < -0.3 is 4.74 Å². The smallest absolute Gasteiger partial charge is 0.277 e. The molecule has 1 atom stereocenters. The van der Waals surface area contributed by atoms with Crippen LogP contribution in [0.2, 0.25) is 0 Å². The molecule has 1 heterocycles. The molecule has 1 unspecified atom stereocenters. The number of hydrogen-bond donors (Lipinski definition) is 1. The maximum atomic E-state index is 12.2. The first-order valence-electron chi connectivity index (χ1n) is 6.99. The van der Waals surface area contributed by atoms with Crippen LogP contribution in [0.3, 0.4) is 0 Å². The molecule has 1 aliphatic heterocycles. The number of amides is 1. The molecule has 0 bridgehead atoms. The molecule has 1 aromatic carbocycles. The molecule has 1 aromatic rings. The Labute approximate surface area is 113 Å². The third-order valence-corrected chi connectivity index (χ3v) is 3.86. The molecule has 3 rings (SSSR count). The molecule has 102 valence electrons. The second-order valence-electron chi connectivity index (χ2n) is 5.19. The van der Waals surface area contributed by atoms with Crippen molar-refractivity contribution in [1.82, 2.24) is 5.48 Å². The van der Waals surface area contributed by atoms with Crippen molar-refractivity contribution in [2.75, 3.05) is 6.61 Å². The van der Waals surface area contributed by atoms with E-state index in [1.54, 1.807) is 0 Å². The fourth-order valence-electron chi connectivity index (χ4n) is 2.81. The molecule has 1 aliphatic carbocycles. The van der Waals surface area contributed by atoms with E-state index in [9.17, 15) is 4.79 Å². The van der Waals surface area contributed by atoms with Crippen molar-refractivity contribution in [3.05, 3.63) is 35.4 Å². The maximum Gasteiger partial charge on any atom is 0.277 e. The van der Waals surface area contributed by atoms with Crippen molar-refractivity contribution >= 4 is 5.91 Å². The monoisotopic (exact) mass is 261 g/mol. The molecule has 1 fully saturated rings. The van der Waals surface area contributed by atoms with Crippen molar-refractivity contribution in [3.63, 3.8) is 0 Å². The summed E-state index contributed by atoms with van der Waals surface area (Å²) in [6.45, 7) is 0.582. The SMILES string of the molecule is O=C(NOC1CCCC1)C1OCCc2ccccc21. The van der Waals surface area contributed by atoms with Crippen LogP contribution in [0, 0.1) is 0 Å². The van der Waals surface area contributed by atoms with Crippen molar-refractivity contribution in [1.29, 1.82) is 0 Å². The molecular weight excluding hydrogens is 242 g/mol. The highest BCUT2D eigenvalue weighted by Gasteiger charge is 2.28. The number of hydrogen-bond acceptors (Lipinski definition) is 3. The number of benzene rings is 1. The molecule has 0 aromatic heterocycles. The molecule has 2 aliphatic rings. The van der Waals surface area contributed by atoms with E-state index in [1.165, 1.54) is 18.4 Å². The Morgan fingerprint density at radius 1 is 1.26 bits per heavy atom. The summed E-state index contributed by atoms with van der Waals surface area (Å²) >= 11 is 0. The fourth-order valence-corrected chi connectivity index (χ4v) is 2.81. The van der Waals surface area contributed by atoms with Crippen LogP contribution in [0.15, 0.2) is 24.3 Å². The number of carbonyl (C=O) groups is 1. The van der Waals surface area contributed by atoms with Crippen LogP contribution in [0.5, 0.6) is 0 Å². The number of hydroxylamine groups is 1. The van der Waals surface area contributed by atoms with Crippen molar-refractivity contribution in [2.45, 2.75) is 44.3 Å². The average molecular weight is 261 g/mol. The minimum absolute atomic E-state index is 0.169. The summed E-state index contributed by atoms with van der Waals surface area (Å²) in [4.78, 5) is 17.6. The summed E-state index contributed by atoms with van der Waals surface area (Å²) in [7, 11) is 0. The van der Waals surface area contributed by atoms with Gasteiger partial charge in [-0.15, -0.1) is 0 Å². The summed E-state index contributed by atoms with van der Waals surface area (Å²) < 4.78 is 5.59. The van der Waals surface area contributed by atoms with Gasteiger partial charge in [0.15, 0.2) is 6.10 Å². The Morgan fingerprint density at radius 2 is 2.05 bits per heavy atom. The lowest BCUT2D eigenvalue weighted by Crippen LogP contribution is -2.35. The van der Waals surface area contributed by atoms with Crippen LogP contribution < -0.4 is 5.48 Å². The molecule has 1 N–H and O–H groups in total. The molecule has 0 spiro atoms.